The van der Waals surface area contributed by atoms with E-state index in [-0.39, 0.29) is 24.2 Å². The van der Waals surface area contributed by atoms with Crippen molar-refractivity contribution in [2.75, 3.05) is 0 Å². The maximum absolute atomic E-state index is 10.4. The van der Waals surface area contributed by atoms with Crippen molar-refractivity contribution in [1.29, 1.82) is 21.6 Å². The van der Waals surface area contributed by atoms with Gasteiger partial charge in [0.25, 0.3) is 0 Å². The van der Waals surface area contributed by atoms with Crippen LogP contribution in [-0.2, 0) is 41.2 Å². The Balaban J connectivity index is 0. The predicted octanol–water partition coefficient (Wildman–Crippen LogP) is -5.40. The number of nitrogens with zero attached hydrogens (tertiary/aromatic N) is 8. The molecule has 0 saturated carbocycles. The number of hydrogen-bond donors (Lipinski definition) is 0. The normalized spacial score (nSPS) is 19.7. The molecule has 4 atom stereocenters. The lowest BCUT2D eigenvalue weighted by molar-refractivity contribution is -0.479. The molecule has 0 amide bonds. The van der Waals surface area contributed by atoms with E-state index in [0.29, 0.717) is 0 Å². The molecule has 256 valence electrons. The Kier molecular flexibility index (Phi) is 23.5. The third-order valence-electron chi connectivity index (χ3n) is 5.09. The molecule has 4 aliphatic carbocycles. The molecular formula is C24H20BFN8O11S4. The Morgan fingerprint density at radius 1 is 0.429 bits per heavy atom. The third kappa shape index (κ3) is 17.7. The fourth-order valence-corrected chi connectivity index (χ4v) is 5.10. The van der Waals surface area contributed by atoms with Gasteiger partial charge in [-0.3, -0.25) is 7.32 Å². The van der Waals surface area contributed by atoms with Gasteiger partial charge in [0.2, 0.25) is 62.7 Å². The van der Waals surface area contributed by atoms with Gasteiger partial charge in [0.1, 0.15) is 19.9 Å². The van der Waals surface area contributed by atoms with Gasteiger partial charge in [-0.1, -0.05) is 48.6 Å². The first kappa shape index (κ1) is 45.4. The maximum Gasteiger partial charge on any atom is 0.372 e. The molecule has 0 aromatic heterocycles. The molecule has 0 heterocycles. The van der Waals surface area contributed by atoms with Gasteiger partial charge in [-0.2, -0.15) is 33.7 Å². The van der Waals surface area contributed by atoms with Crippen LogP contribution in [0.2, 0.25) is 0 Å². The second-order valence-electron chi connectivity index (χ2n) is 8.05. The van der Waals surface area contributed by atoms with Crippen LogP contribution in [0.15, 0.2) is 97.2 Å². The summed E-state index contributed by atoms with van der Waals surface area (Å²) in [5, 5.41) is 58.7. The van der Waals surface area contributed by atoms with Gasteiger partial charge < -0.3 is 19.8 Å². The van der Waals surface area contributed by atoms with Crippen LogP contribution in [0, 0.1) is 21.6 Å². The molecule has 0 saturated heterocycles. The molecule has 4 unspecified atom stereocenters. The van der Waals surface area contributed by atoms with Crippen molar-refractivity contribution in [3.63, 3.8) is 0 Å². The highest BCUT2D eigenvalue weighted by molar-refractivity contribution is 7.74. The molecule has 4 rings (SSSR count). The lowest BCUT2D eigenvalue weighted by atomic mass is 10.1. The number of halogens is 1. The van der Waals surface area contributed by atoms with Crippen molar-refractivity contribution in [3.8, 4) is 0 Å². The Hall–Kier alpha value is -5.77. The lowest BCUT2D eigenvalue weighted by Crippen LogP contribution is -3.00. The predicted molar refractivity (Wildman–Crippen MR) is 170 cm³/mol. The minimum atomic E-state index is -2.92. The quantitative estimate of drug-likeness (QED) is 0.127. The first-order chi connectivity index (χ1) is 22.7. The zero-order chi connectivity index (χ0) is 36.6. The zero-order valence-corrected chi connectivity index (χ0v) is 27.5. The first-order valence-electron chi connectivity index (χ1n) is 12.3. The van der Waals surface area contributed by atoms with Crippen LogP contribution in [-0.4, -0.2) is 84.6 Å². The summed E-state index contributed by atoms with van der Waals surface area (Å²) >= 11 is 0. The van der Waals surface area contributed by atoms with Crippen molar-refractivity contribution < 1.29 is 53.4 Å². The van der Waals surface area contributed by atoms with Crippen LogP contribution in [0.25, 0.3) is 19.9 Å². The molecule has 0 radical (unpaired) electrons. The van der Waals surface area contributed by atoms with Gasteiger partial charge in [-0.15, -0.1) is 0 Å². The molecule has 19 nitrogen and oxygen atoms in total. The molecule has 0 N–H and O–H groups in total. The highest BCUT2D eigenvalue weighted by Crippen LogP contribution is 2.06. The van der Waals surface area contributed by atoms with Crippen LogP contribution >= 0.6 is 0 Å². The highest BCUT2D eigenvalue weighted by Gasteiger charge is 2.27. The fourth-order valence-electron chi connectivity index (χ4n) is 3.05. The summed E-state index contributed by atoms with van der Waals surface area (Å²) < 4.78 is 83.4. The van der Waals surface area contributed by atoms with Crippen molar-refractivity contribution in [2.24, 2.45) is 0 Å². The smallest absolute Gasteiger partial charge is 0.372 e. The van der Waals surface area contributed by atoms with E-state index in [2.05, 4.69) is 19.9 Å². The zero-order valence-electron chi connectivity index (χ0n) is 24.2. The standard InChI is InChI=1S/4C6H5N2O2S.BO3.FH/c4*7-8-5-3-1-2-4-6(5)11(9)10;2-1(3)4;/h4*1-5H;;1H/q4*+1;-3;/p-1. The number of diazo groups is 4. The Morgan fingerprint density at radius 3 is 0.694 bits per heavy atom. The monoisotopic (exact) mass is 754 g/mol. The van der Waals surface area contributed by atoms with Gasteiger partial charge in [0, 0.05) is 24.3 Å². The molecule has 0 spiro atoms. The van der Waals surface area contributed by atoms with Gasteiger partial charge in [-0.05, 0) is 24.3 Å². The highest BCUT2D eigenvalue weighted by atomic mass is 32.2. The molecule has 25 heteroatoms. The minimum Gasteiger partial charge on any atom is -1.00 e. The Bertz CT molecular complexity index is 1880. The van der Waals surface area contributed by atoms with Crippen molar-refractivity contribution >= 4 is 68.0 Å². The molecule has 49 heavy (non-hydrogen) atoms. The SMILES string of the molecule is N#[N+]C1C=CC=CC1=S(=O)=O.N#[N+]C1C=CC=CC1=S(=O)=O.N#[N+]C1C=CC=CC1=S(=O)=O.N#[N+]C1C=CC=CC1=S(=O)=O.[F-].[O-]B([O-])[O-]. The summed E-state index contributed by atoms with van der Waals surface area (Å²) in [7, 11) is -12.1. The Labute approximate surface area is 283 Å². The van der Waals surface area contributed by atoms with Gasteiger partial charge in [0.05, 0.1) is 0 Å². The summed E-state index contributed by atoms with van der Waals surface area (Å²) in [6, 6.07) is -2.95. The largest absolute Gasteiger partial charge is 1.00 e. The van der Waals surface area contributed by atoms with Crippen LogP contribution in [0.4, 0.5) is 0 Å². The molecule has 0 fully saturated rings. The number of allylic oxidation sites excluding steroid dienone is 8. The summed E-state index contributed by atoms with van der Waals surface area (Å²) in [6.07, 6.45) is 24.4. The van der Waals surface area contributed by atoms with Crippen LogP contribution in [0.5, 0.6) is 0 Å². The third-order valence-corrected chi connectivity index (χ3v) is 8.14. The molecule has 0 aromatic carbocycles. The molecule has 0 aromatic rings. The van der Waals surface area contributed by atoms with Crippen molar-refractivity contribution in [1.82, 2.24) is 0 Å². The minimum absolute atomic E-state index is 0. The summed E-state index contributed by atoms with van der Waals surface area (Å²) in [6.45, 7) is 0. The van der Waals surface area contributed by atoms with Crippen LogP contribution in [0.3, 0.4) is 0 Å². The summed E-state index contributed by atoms with van der Waals surface area (Å²) in [5.41, 5.74) is 0. The van der Waals surface area contributed by atoms with Gasteiger partial charge >= 0.3 is 24.2 Å². The van der Waals surface area contributed by atoms with Crippen molar-refractivity contribution in [2.45, 2.75) is 24.2 Å². The van der Waals surface area contributed by atoms with Gasteiger partial charge in [0.15, 0.2) is 19.5 Å². The average Bonchev–Trinajstić information content (AvgIpc) is 3.08. The molecule has 4 aliphatic rings. The summed E-state index contributed by atoms with van der Waals surface area (Å²) in [5.74, 6) is 0. The number of rotatable bonds is 0. The van der Waals surface area contributed by atoms with E-state index in [1.807, 2.05) is 0 Å². The van der Waals surface area contributed by atoms with E-state index in [1.54, 1.807) is 48.6 Å². The second-order valence-corrected chi connectivity index (χ2v) is 11.8. The van der Waals surface area contributed by atoms with Gasteiger partial charge in [-0.25, -0.2) is 0 Å². The topological polar surface area (TPSA) is 318 Å². The van der Waals surface area contributed by atoms with E-state index < -0.39 is 72.7 Å². The van der Waals surface area contributed by atoms with E-state index in [9.17, 15) is 33.7 Å². The summed E-state index contributed by atoms with van der Waals surface area (Å²) in [4.78, 5) is 11.8. The average molecular weight is 755 g/mol. The van der Waals surface area contributed by atoms with E-state index in [0.717, 1.165) is 0 Å². The fraction of sp³-hybridized carbons (Fsp3) is 0.167. The maximum atomic E-state index is 10.4. The second kappa shape index (κ2) is 25.3. The number of hydrogen-bond acceptors (Lipinski definition) is 15. The van der Waals surface area contributed by atoms with E-state index >= 15 is 0 Å². The van der Waals surface area contributed by atoms with Crippen LogP contribution in [0.1, 0.15) is 0 Å². The molecule has 0 bridgehead atoms. The Morgan fingerprint density at radius 2 is 0.592 bits per heavy atom. The van der Waals surface area contributed by atoms with E-state index in [1.165, 1.54) is 48.6 Å². The molecular weight excluding hydrogens is 734 g/mol. The first-order valence-corrected chi connectivity index (χ1v) is 16.6. The molecule has 0 aliphatic heterocycles. The lowest BCUT2D eigenvalue weighted by Gasteiger charge is -2.35. The van der Waals surface area contributed by atoms with E-state index in [4.69, 9.17) is 36.6 Å². The van der Waals surface area contributed by atoms with Crippen LogP contribution < -0.4 is 19.8 Å². The van der Waals surface area contributed by atoms with Crippen molar-refractivity contribution in [3.05, 3.63) is 117 Å².